The van der Waals surface area contributed by atoms with Crippen LogP contribution in [-0.2, 0) is 6.54 Å². The third-order valence-electron chi connectivity index (χ3n) is 4.94. The second kappa shape index (κ2) is 8.43. The number of aromatic amines is 1. The first-order valence-electron chi connectivity index (χ1n) is 9.82. The van der Waals surface area contributed by atoms with Crippen molar-refractivity contribution in [3.05, 3.63) is 89.5 Å². The first-order chi connectivity index (χ1) is 14.5. The lowest BCUT2D eigenvalue weighted by Gasteiger charge is -2.11. The Morgan fingerprint density at radius 3 is 2.50 bits per heavy atom. The molecule has 0 spiro atoms. The van der Waals surface area contributed by atoms with Gasteiger partial charge in [-0.05, 0) is 50.0 Å². The molecule has 30 heavy (non-hydrogen) atoms. The molecule has 5 heteroatoms. The second-order valence-corrected chi connectivity index (χ2v) is 7.49. The third-order valence-corrected chi connectivity index (χ3v) is 4.94. The van der Waals surface area contributed by atoms with Crippen molar-refractivity contribution in [2.24, 2.45) is 4.99 Å². The van der Waals surface area contributed by atoms with Crippen molar-refractivity contribution < 1.29 is 9.84 Å². The zero-order chi connectivity index (χ0) is 21.1. The number of nitrogens with zero attached hydrogens (tertiary/aromatic N) is 2. The van der Waals surface area contributed by atoms with Gasteiger partial charge in [0.1, 0.15) is 5.75 Å². The number of para-hydroxylation sites is 1. The number of ether oxygens (including phenoxy) is 1. The minimum Gasteiger partial charge on any atom is -0.497 e. The summed E-state index contributed by atoms with van der Waals surface area (Å²) in [5, 5.41) is 11.7. The van der Waals surface area contributed by atoms with Gasteiger partial charge in [0.15, 0.2) is 5.88 Å². The lowest BCUT2D eigenvalue weighted by Crippen LogP contribution is -2.10. The summed E-state index contributed by atoms with van der Waals surface area (Å²) in [6.07, 6.45) is 0. The topological polar surface area (TPSA) is 60.9 Å². The number of H-pyrrole nitrogens is 1. The van der Waals surface area contributed by atoms with Gasteiger partial charge in [-0.25, -0.2) is 4.99 Å². The molecule has 0 amide bonds. The number of nitrogens with one attached hydrogen (secondary N) is 1. The maximum Gasteiger partial charge on any atom is 0.199 e. The van der Waals surface area contributed by atoms with E-state index in [0.29, 0.717) is 11.3 Å². The van der Waals surface area contributed by atoms with E-state index in [9.17, 15) is 5.11 Å². The highest BCUT2D eigenvalue weighted by molar-refractivity contribution is 6.22. The van der Waals surface area contributed by atoms with E-state index in [-0.39, 0.29) is 5.88 Å². The van der Waals surface area contributed by atoms with Crippen LogP contribution in [0.15, 0.2) is 77.8 Å². The lowest BCUT2D eigenvalue weighted by atomic mass is 10.0. The molecule has 2 N–H and O–H groups in total. The Balaban J connectivity index is 1.87. The van der Waals surface area contributed by atoms with Gasteiger partial charge in [0, 0.05) is 23.0 Å². The van der Waals surface area contributed by atoms with Gasteiger partial charge in [0.05, 0.1) is 24.1 Å². The summed E-state index contributed by atoms with van der Waals surface area (Å²) >= 11 is 0. The molecule has 0 unspecified atom stereocenters. The van der Waals surface area contributed by atoms with Gasteiger partial charge in [-0.2, -0.15) is 0 Å². The first-order valence-corrected chi connectivity index (χ1v) is 9.82. The number of methoxy groups -OCH3 is 1. The molecule has 3 aromatic carbocycles. The standard InChI is InChI=1S/C25H25N3O2/c1-28(2)16-17-11-13-19(14-12-17)26-24(18-7-6-8-20(15-18)30-3)23-21-9-4-5-10-22(21)27-25(23)29/h4-15,27,29H,16H2,1-3H3. The average Bonchev–Trinajstić information content (AvgIpc) is 3.08. The smallest absolute Gasteiger partial charge is 0.199 e. The minimum absolute atomic E-state index is 0.0991. The summed E-state index contributed by atoms with van der Waals surface area (Å²) in [6.45, 7) is 0.871. The van der Waals surface area contributed by atoms with Crippen molar-refractivity contribution in [1.82, 2.24) is 9.88 Å². The molecule has 1 heterocycles. The molecule has 0 saturated carbocycles. The van der Waals surface area contributed by atoms with Gasteiger partial charge in [-0.15, -0.1) is 0 Å². The van der Waals surface area contributed by atoms with E-state index in [1.165, 1.54) is 5.56 Å². The average molecular weight is 399 g/mol. The molecule has 0 aliphatic heterocycles. The molecule has 4 aromatic rings. The zero-order valence-electron chi connectivity index (χ0n) is 17.4. The van der Waals surface area contributed by atoms with Gasteiger partial charge in [0.2, 0.25) is 0 Å². The van der Waals surface area contributed by atoms with Crippen molar-refractivity contribution >= 4 is 22.3 Å². The fourth-order valence-corrected chi connectivity index (χ4v) is 3.57. The van der Waals surface area contributed by atoms with Gasteiger partial charge in [-0.1, -0.05) is 42.5 Å². The highest BCUT2D eigenvalue weighted by atomic mass is 16.5. The number of hydrogen-bond acceptors (Lipinski definition) is 4. The van der Waals surface area contributed by atoms with Crippen molar-refractivity contribution in [2.45, 2.75) is 6.54 Å². The monoisotopic (exact) mass is 399 g/mol. The fourth-order valence-electron chi connectivity index (χ4n) is 3.57. The number of benzene rings is 3. The predicted molar refractivity (Wildman–Crippen MR) is 122 cm³/mol. The van der Waals surface area contributed by atoms with Crippen LogP contribution >= 0.6 is 0 Å². The van der Waals surface area contributed by atoms with Crippen molar-refractivity contribution in [1.29, 1.82) is 0 Å². The largest absolute Gasteiger partial charge is 0.497 e. The van der Waals surface area contributed by atoms with Crippen LogP contribution in [0.4, 0.5) is 5.69 Å². The summed E-state index contributed by atoms with van der Waals surface area (Å²) in [7, 11) is 5.74. The number of rotatable bonds is 6. The van der Waals surface area contributed by atoms with Crippen LogP contribution in [0.2, 0.25) is 0 Å². The van der Waals surface area contributed by atoms with E-state index in [2.05, 4.69) is 22.0 Å². The maximum atomic E-state index is 10.7. The lowest BCUT2D eigenvalue weighted by molar-refractivity contribution is 0.402. The number of fused-ring (bicyclic) bond motifs is 1. The van der Waals surface area contributed by atoms with E-state index in [1.807, 2.05) is 74.8 Å². The molecule has 0 saturated heterocycles. The number of aromatic nitrogens is 1. The van der Waals surface area contributed by atoms with Crippen LogP contribution in [0.5, 0.6) is 11.6 Å². The van der Waals surface area contributed by atoms with Crippen LogP contribution in [0, 0.1) is 0 Å². The normalized spacial score (nSPS) is 11.9. The fraction of sp³-hybridized carbons (Fsp3) is 0.160. The first kappa shape index (κ1) is 19.7. The molecular formula is C25H25N3O2. The summed E-state index contributed by atoms with van der Waals surface area (Å²) < 4.78 is 5.41. The molecule has 0 aliphatic rings. The molecule has 0 atom stereocenters. The molecule has 1 aromatic heterocycles. The molecule has 0 radical (unpaired) electrons. The van der Waals surface area contributed by atoms with E-state index in [4.69, 9.17) is 9.73 Å². The predicted octanol–water partition coefficient (Wildman–Crippen LogP) is 5.11. The van der Waals surface area contributed by atoms with E-state index < -0.39 is 0 Å². The van der Waals surface area contributed by atoms with Crippen LogP contribution in [0.3, 0.4) is 0 Å². The Morgan fingerprint density at radius 2 is 1.77 bits per heavy atom. The maximum absolute atomic E-state index is 10.7. The van der Waals surface area contributed by atoms with Crippen molar-refractivity contribution in [2.75, 3.05) is 21.2 Å². The number of aromatic hydroxyl groups is 1. The molecule has 0 bridgehead atoms. The van der Waals surface area contributed by atoms with Gasteiger partial charge >= 0.3 is 0 Å². The highest BCUT2D eigenvalue weighted by Crippen LogP contribution is 2.32. The second-order valence-electron chi connectivity index (χ2n) is 7.49. The minimum atomic E-state index is 0.0991. The number of hydrogen-bond donors (Lipinski definition) is 2. The summed E-state index contributed by atoms with van der Waals surface area (Å²) in [6, 6.07) is 23.7. The Hall–Kier alpha value is -3.57. The molecule has 0 fully saturated rings. The van der Waals surface area contributed by atoms with Crippen LogP contribution in [-0.4, -0.2) is 41.9 Å². The number of aliphatic imine (C=N–C) groups is 1. The molecule has 5 nitrogen and oxygen atoms in total. The quantitative estimate of drug-likeness (QED) is 0.443. The van der Waals surface area contributed by atoms with E-state index in [1.54, 1.807) is 7.11 Å². The summed E-state index contributed by atoms with van der Waals surface area (Å²) in [5.41, 5.74) is 5.13. The summed E-state index contributed by atoms with van der Waals surface area (Å²) in [4.78, 5) is 10.1. The highest BCUT2D eigenvalue weighted by Gasteiger charge is 2.19. The SMILES string of the molecule is COc1cccc(C(=Nc2ccc(CN(C)C)cc2)c2c(O)[nH]c3ccccc23)c1. The van der Waals surface area contributed by atoms with Gasteiger partial charge < -0.3 is 19.7 Å². The van der Waals surface area contributed by atoms with Crippen molar-refractivity contribution in [3.63, 3.8) is 0 Å². The summed E-state index contributed by atoms with van der Waals surface area (Å²) in [5.74, 6) is 0.836. The van der Waals surface area contributed by atoms with E-state index in [0.717, 1.165) is 34.4 Å². The van der Waals surface area contributed by atoms with E-state index >= 15 is 0 Å². The Morgan fingerprint density at radius 1 is 1.00 bits per heavy atom. The Bertz CT molecular complexity index is 1190. The van der Waals surface area contributed by atoms with Crippen LogP contribution < -0.4 is 4.74 Å². The third kappa shape index (κ3) is 4.07. The van der Waals surface area contributed by atoms with Crippen molar-refractivity contribution in [3.8, 4) is 11.6 Å². The molecule has 4 rings (SSSR count). The molecule has 0 aliphatic carbocycles. The molecule has 152 valence electrons. The van der Waals surface area contributed by atoms with Gasteiger partial charge in [-0.3, -0.25) is 0 Å². The Labute approximate surface area is 176 Å². The van der Waals surface area contributed by atoms with Gasteiger partial charge in [0.25, 0.3) is 0 Å². The zero-order valence-corrected chi connectivity index (χ0v) is 17.4. The van der Waals surface area contributed by atoms with Crippen LogP contribution in [0.1, 0.15) is 16.7 Å². The van der Waals surface area contributed by atoms with Crippen LogP contribution in [0.25, 0.3) is 10.9 Å². The Kier molecular flexibility index (Phi) is 5.55. The molecular weight excluding hydrogens is 374 g/mol.